The highest BCUT2D eigenvalue weighted by Gasteiger charge is 2.18. The average Bonchev–Trinajstić information content (AvgIpc) is 1.91. The van der Waals surface area contributed by atoms with Crippen molar-refractivity contribution >= 4 is 15.4 Å². The largest absolute Gasteiger partial charge is 0.385 e. The molecule has 0 spiro atoms. The third-order valence-corrected chi connectivity index (χ3v) is 21.8. The molecule has 0 aromatic heterocycles. The second-order valence-electron chi connectivity index (χ2n) is 39.0. The number of methoxy groups -OCH3 is 2. The predicted molar refractivity (Wildman–Crippen MR) is 541 cm³/mol. The van der Waals surface area contributed by atoms with Crippen molar-refractivity contribution in [1.29, 1.82) is 0 Å². The van der Waals surface area contributed by atoms with E-state index < -0.39 is 9.52 Å². The van der Waals surface area contributed by atoms with Crippen molar-refractivity contribution in [2.45, 2.75) is 390 Å². The molecule has 1 aliphatic carbocycles. The minimum atomic E-state index is -1.72. The van der Waals surface area contributed by atoms with E-state index in [0.717, 1.165) is 97.1 Å². The van der Waals surface area contributed by atoms with Crippen LogP contribution in [-0.4, -0.2) is 262 Å². The first-order chi connectivity index (χ1) is 50.7. The van der Waals surface area contributed by atoms with Crippen molar-refractivity contribution in [1.82, 2.24) is 39.2 Å². The van der Waals surface area contributed by atoms with Gasteiger partial charge in [-0.15, -0.1) is 0 Å². The summed E-state index contributed by atoms with van der Waals surface area (Å²) in [5.41, 5.74) is 0. The molecule has 0 radical (unpaired) electrons. The monoisotopic (exact) mass is 1670 g/mol. The van der Waals surface area contributed by atoms with Gasteiger partial charge in [-0.3, -0.25) is 4.21 Å². The summed E-state index contributed by atoms with van der Waals surface area (Å²) in [5, 5.41) is 0. The molecule has 12 nitrogen and oxygen atoms in total. The molecule has 0 bridgehead atoms. The Bertz CT molecular complexity index is 1810. The van der Waals surface area contributed by atoms with E-state index in [1.54, 1.807) is 20.5 Å². The van der Waals surface area contributed by atoms with Crippen LogP contribution in [0.15, 0.2) is 0 Å². The van der Waals surface area contributed by atoms with Crippen molar-refractivity contribution in [3.63, 3.8) is 0 Å². The number of ether oxygens (including phenoxy) is 3. The average molecular weight is 1670 g/mol. The summed E-state index contributed by atoms with van der Waals surface area (Å²) in [6.07, 6.45) is 40.7. The number of piperidine rings is 2. The zero-order valence-corrected chi connectivity index (χ0v) is 81.0. The smallest absolute Gasteiger partial charge is 0.0578 e. The lowest BCUT2D eigenvalue weighted by molar-refractivity contribution is 0.0939. The van der Waals surface area contributed by atoms with Gasteiger partial charge in [0.2, 0.25) is 0 Å². The van der Waals surface area contributed by atoms with Gasteiger partial charge in [0.15, 0.2) is 0 Å². The van der Waals surface area contributed by atoms with Gasteiger partial charge in [-0.05, 0) is 323 Å². The van der Waals surface area contributed by atoms with Crippen LogP contribution in [0.1, 0.15) is 384 Å². The lowest BCUT2D eigenvalue weighted by atomic mass is 9.97. The first-order valence-corrected chi connectivity index (χ1v) is 48.5. The van der Waals surface area contributed by atoms with Crippen molar-refractivity contribution < 1.29 is 18.4 Å². The molecule has 6 aliphatic rings. The van der Waals surface area contributed by atoms with Crippen LogP contribution < -0.4 is 0 Å². The van der Waals surface area contributed by atoms with E-state index in [0.29, 0.717) is 12.0 Å². The van der Waals surface area contributed by atoms with Gasteiger partial charge in [0.25, 0.3) is 0 Å². The van der Waals surface area contributed by atoms with Gasteiger partial charge in [0.1, 0.15) is 0 Å². The summed E-state index contributed by atoms with van der Waals surface area (Å²) >= 11 is 0. The highest BCUT2D eigenvalue weighted by Crippen LogP contribution is 2.29. The first kappa shape index (κ1) is 140. The Morgan fingerprint density at radius 2 is 0.687 bits per heavy atom. The van der Waals surface area contributed by atoms with Crippen LogP contribution in [-0.2, 0) is 23.7 Å². The first-order valence-electron chi connectivity index (χ1n) is 46.2. The number of nitrogens with zero attached hydrogens (tertiary/aromatic N) is 8. The molecule has 5 aliphatic heterocycles. The Labute approximate surface area is 736 Å². The Balaban J connectivity index is -0.000000101. The molecule has 5 saturated heterocycles. The summed E-state index contributed by atoms with van der Waals surface area (Å²) in [7, 11) is 14.7. The number of hydrogen-bond donors (Lipinski definition) is 0. The molecule has 5 heterocycles. The standard InChI is InChI=1S/C11H24N2.C11H23N.C10H22N2.C10H21N.C10H20.C8H19N.C8H16O.C7H17N.C7H16OS.C7H16O.C6H14O.7CH4/c1-11(2)5-4-6-13-9-7-12(3)8-10-13;1-11(2)7-6-10-12-8-4-3-5-9-12;1-10(2)4-5-12-8-6-11(3)7-9-12;1-10(2)6-9-11-7-4-3-5-8-11;1-9(2)7-8-10-5-3-4-6-10;1-8(2)6-5-7-9(3)4;1-7(2)6-8-4-3-5-9-8;1-7(2)5-6-8(3)4;1-7(2)5-6-9(3,4)8;1-7(2)5-4-6-8-3;1-6(2)4-5-7-3;;;;;;;/h11H,4-10H2,1-3H3;11H,3-10H2,1-2H3;10H,4-9H2,1-3H3;10H,3-9H2,1-2H3;9-10H,3-8H2,1-2H3;8H,5-7H2,1-4H3;7-8H,3-6H2,1-2H3;7H,5-6H2,1-4H3;7H,3,5-6H2,1-2,4H3;7H,4-6H2,1-3H3;6H,4-5H2,1-3H3;7*1H4. The van der Waals surface area contributed by atoms with E-state index in [1.165, 1.54) is 291 Å². The zero-order valence-electron chi connectivity index (χ0n) is 80.2. The molecule has 0 aromatic carbocycles. The zero-order chi connectivity index (χ0) is 83.1. The molecule has 6 fully saturated rings. The number of rotatable bonds is 36. The van der Waals surface area contributed by atoms with Crippen molar-refractivity contribution in [3.8, 4) is 0 Å². The van der Waals surface area contributed by atoms with Gasteiger partial charge in [-0.25, -0.2) is 0 Å². The minimum Gasteiger partial charge on any atom is -0.385 e. The van der Waals surface area contributed by atoms with Crippen LogP contribution in [0.25, 0.3) is 0 Å². The molecule has 0 amide bonds. The van der Waals surface area contributed by atoms with Crippen LogP contribution in [0, 0.1) is 71.0 Å². The number of hydrogen-bond acceptors (Lipinski definition) is 12. The quantitative estimate of drug-likeness (QED) is 0.0443. The molecule has 6 rings (SSSR count). The third kappa shape index (κ3) is 124. The molecule has 0 aromatic rings. The maximum absolute atomic E-state index is 11.0. The Kier molecular flexibility index (Phi) is 119. The maximum atomic E-state index is 11.0. The molecule has 0 N–H and O–H groups in total. The normalized spacial score (nSPS) is 17.2. The van der Waals surface area contributed by atoms with E-state index >= 15 is 0 Å². The predicted octanol–water partition coefficient (Wildman–Crippen LogP) is 27.4. The van der Waals surface area contributed by atoms with Gasteiger partial charge in [-0.2, -0.15) is 0 Å². The molecule has 115 heavy (non-hydrogen) atoms. The van der Waals surface area contributed by atoms with Crippen molar-refractivity contribution in [3.05, 3.63) is 0 Å². The SMILES string of the molecule is C.C.C.C.C.C.C.C=S(C)(=O)CCC(C)C.CC(C)CC1CCCO1.CC(C)CCC1CCCC1.CC(C)CCCN(C)C.CC(C)CCCN1CCCCC1.CC(C)CCCN1CCN(C)CC1.CC(C)CCN(C)C.CC(C)CCN1CCCCC1.CC(C)CCN1CCN(C)CC1.COCCC(C)C.COCCCC(C)C. The highest BCUT2D eigenvalue weighted by molar-refractivity contribution is 7.99. The van der Waals surface area contributed by atoms with Crippen LogP contribution in [0.2, 0.25) is 0 Å². The van der Waals surface area contributed by atoms with Gasteiger partial charge in [0, 0.05) is 98.4 Å². The Hall–Kier alpha value is -0.420. The number of likely N-dealkylation sites (tertiary alicyclic amines) is 2. The van der Waals surface area contributed by atoms with E-state index in [9.17, 15) is 4.21 Å². The fourth-order valence-corrected chi connectivity index (χ4v) is 13.8. The lowest BCUT2D eigenvalue weighted by Gasteiger charge is -2.32. The van der Waals surface area contributed by atoms with Gasteiger partial charge in [-0.1, -0.05) is 256 Å². The second-order valence-corrected chi connectivity index (χ2v) is 41.8. The maximum Gasteiger partial charge on any atom is 0.0578 e. The summed E-state index contributed by atoms with van der Waals surface area (Å²) in [4.78, 5) is 19.7. The molecule has 13 heteroatoms. The summed E-state index contributed by atoms with van der Waals surface area (Å²) in [6, 6.07) is 0. The van der Waals surface area contributed by atoms with E-state index in [-0.39, 0.29) is 52.0 Å². The van der Waals surface area contributed by atoms with Crippen molar-refractivity contribution in [2.75, 3.05) is 206 Å². The van der Waals surface area contributed by atoms with Crippen molar-refractivity contribution in [2.24, 2.45) is 71.0 Å². The molecule has 1 saturated carbocycles. The highest BCUT2D eigenvalue weighted by atomic mass is 32.2. The van der Waals surface area contributed by atoms with Crippen LogP contribution in [0.3, 0.4) is 0 Å². The summed E-state index contributed by atoms with van der Waals surface area (Å²) < 4.78 is 26.2. The lowest BCUT2D eigenvalue weighted by Crippen LogP contribution is -2.44. The fraction of sp³-hybridized carbons (Fsp3) is 0.990. The Morgan fingerprint density at radius 3 is 0.974 bits per heavy atom. The van der Waals surface area contributed by atoms with Gasteiger partial charge in [0.05, 0.1) is 6.10 Å². The van der Waals surface area contributed by atoms with Gasteiger partial charge >= 0.3 is 0 Å². The molecule has 714 valence electrons. The molecular weight excluding hydrogens is 1430 g/mol. The number of piperazine rings is 2. The molecule has 2 atom stereocenters. The second kappa shape index (κ2) is 97.4. The van der Waals surface area contributed by atoms with Crippen LogP contribution in [0.5, 0.6) is 0 Å². The van der Waals surface area contributed by atoms with E-state index in [1.807, 2.05) is 0 Å². The van der Waals surface area contributed by atoms with E-state index in [4.69, 9.17) is 14.2 Å². The molecular formula is C102H236N8O4S. The minimum absolute atomic E-state index is 0. The topological polar surface area (TPSA) is 70.7 Å². The fourth-order valence-electron chi connectivity index (χ4n) is 12.9. The summed E-state index contributed by atoms with van der Waals surface area (Å²) in [6.45, 7) is 75.9. The summed E-state index contributed by atoms with van der Waals surface area (Å²) in [5.74, 6) is 14.6. The van der Waals surface area contributed by atoms with Crippen LogP contribution in [0.4, 0.5) is 0 Å². The molecule has 2 unspecified atom stereocenters. The Morgan fingerprint density at radius 1 is 0.357 bits per heavy atom. The van der Waals surface area contributed by atoms with Crippen LogP contribution >= 0.6 is 0 Å². The number of likely N-dealkylation sites (N-methyl/N-ethyl adjacent to an activating group) is 2. The third-order valence-electron chi connectivity index (χ3n) is 20.7. The van der Waals surface area contributed by atoms with E-state index in [2.05, 4.69) is 240 Å². The van der Waals surface area contributed by atoms with Gasteiger partial charge < -0.3 is 53.4 Å².